The molecule has 0 bridgehead atoms. The SMILES string of the molecule is NCOC(=O)Cc1ccc(Cl)cc1. The molecule has 3 nitrogen and oxygen atoms in total. The Balaban J connectivity index is 2.54. The van der Waals surface area contributed by atoms with Crippen molar-refractivity contribution in [3.8, 4) is 0 Å². The molecule has 1 rings (SSSR count). The highest BCUT2D eigenvalue weighted by Crippen LogP contribution is 2.10. The number of carbonyl (C=O) groups excluding carboxylic acids is 1. The highest BCUT2D eigenvalue weighted by atomic mass is 35.5. The molecule has 1 aromatic carbocycles. The Hall–Kier alpha value is -1.06. The lowest BCUT2D eigenvalue weighted by Gasteiger charge is -2.01. The highest BCUT2D eigenvalue weighted by Gasteiger charge is 2.02. The molecule has 2 N–H and O–H groups in total. The molecule has 0 spiro atoms. The molecule has 0 saturated heterocycles. The molecule has 0 aliphatic carbocycles. The largest absolute Gasteiger partial charge is 0.450 e. The summed E-state index contributed by atoms with van der Waals surface area (Å²) in [7, 11) is 0. The van der Waals surface area contributed by atoms with Crippen LogP contribution in [0.1, 0.15) is 5.56 Å². The molecule has 0 amide bonds. The lowest BCUT2D eigenvalue weighted by atomic mass is 10.2. The molecule has 0 saturated carbocycles. The van der Waals surface area contributed by atoms with Crippen molar-refractivity contribution in [1.82, 2.24) is 0 Å². The van der Waals surface area contributed by atoms with Crippen molar-refractivity contribution in [1.29, 1.82) is 0 Å². The van der Waals surface area contributed by atoms with Crippen LogP contribution in [-0.4, -0.2) is 12.7 Å². The molecule has 0 aliphatic rings. The van der Waals surface area contributed by atoms with Gasteiger partial charge in [0.25, 0.3) is 0 Å². The maximum Gasteiger partial charge on any atom is 0.311 e. The lowest BCUT2D eigenvalue weighted by Crippen LogP contribution is -2.13. The van der Waals surface area contributed by atoms with E-state index >= 15 is 0 Å². The number of carbonyl (C=O) groups is 1. The van der Waals surface area contributed by atoms with Crippen LogP contribution in [0, 0.1) is 0 Å². The Morgan fingerprint density at radius 3 is 2.54 bits per heavy atom. The minimum absolute atomic E-state index is 0.0770. The Kier molecular flexibility index (Phi) is 3.73. The predicted octanol–water partition coefficient (Wildman–Crippen LogP) is 1.34. The summed E-state index contributed by atoms with van der Waals surface area (Å²) in [5, 5.41) is 0.649. The van der Waals surface area contributed by atoms with Gasteiger partial charge in [0.15, 0.2) is 0 Å². The van der Waals surface area contributed by atoms with Gasteiger partial charge >= 0.3 is 5.97 Å². The van der Waals surface area contributed by atoms with Gasteiger partial charge in [0.1, 0.15) is 6.73 Å². The first kappa shape index (κ1) is 10.0. The van der Waals surface area contributed by atoms with Gasteiger partial charge < -0.3 is 4.74 Å². The number of esters is 1. The van der Waals surface area contributed by atoms with Crippen LogP contribution in [-0.2, 0) is 16.0 Å². The summed E-state index contributed by atoms with van der Waals surface area (Å²) < 4.78 is 4.58. The van der Waals surface area contributed by atoms with E-state index in [2.05, 4.69) is 4.74 Å². The quantitative estimate of drug-likeness (QED) is 0.591. The number of benzene rings is 1. The summed E-state index contributed by atoms with van der Waals surface area (Å²) in [6.07, 6.45) is 0.231. The summed E-state index contributed by atoms with van der Waals surface area (Å²) in [4.78, 5) is 11.0. The van der Waals surface area contributed by atoms with Crippen LogP contribution in [0.5, 0.6) is 0 Å². The fraction of sp³-hybridized carbons (Fsp3) is 0.222. The van der Waals surface area contributed by atoms with Gasteiger partial charge in [-0.2, -0.15) is 0 Å². The molecule has 13 heavy (non-hydrogen) atoms. The van der Waals surface area contributed by atoms with Gasteiger partial charge in [0.2, 0.25) is 0 Å². The van der Waals surface area contributed by atoms with Gasteiger partial charge in [0, 0.05) is 5.02 Å². The molecule has 0 aromatic heterocycles. The third-order valence-electron chi connectivity index (χ3n) is 1.51. The van der Waals surface area contributed by atoms with Crippen LogP contribution in [0.25, 0.3) is 0 Å². The fourth-order valence-corrected chi connectivity index (χ4v) is 1.04. The van der Waals surface area contributed by atoms with Gasteiger partial charge in [-0.1, -0.05) is 23.7 Å². The number of hydrogen-bond acceptors (Lipinski definition) is 3. The van der Waals surface area contributed by atoms with Gasteiger partial charge in [-0.05, 0) is 17.7 Å². The van der Waals surface area contributed by atoms with Crippen LogP contribution in [0.4, 0.5) is 0 Å². The number of halogens is 1. The Morgan fingerprint density at radius 2 is 2.00 bits per heavy atom. The predicted molar refractivity (Wildman–Crippen MR) is 50.3 cm³/mol. The Morgan fingerprint density at radius 1 is 1.38 bits per heavy atom. The molecular formula is C9H10ClNO2. The molecule has 0 aliphatic heterocycles. The van der Waals surface area contributed by atoms with E-state index in [1.165, 1.54) is 0 Å². The van der Waals surface area contributed by atoms with Crippen LogP contribution >= 0.6 is 11.6 Å². The summed E-state index contributed by atoms with van der Waals surface area (Å²) in [6.45, 7) is -0.0770. The lowest BCUT2D eigenvalue weighted by molar-refractivity contribution is -0.142. The number of rotatable bonds is 3. The first-order valence-corrected chi connectivity index (χ1v) is 4.20. The molecule has 1 aromatic rings. The van der Waals surface area contributed by atoms with Crippen LogP contribution in [0.15, 0.2) is 24.3 Å². The molecule has 0 heterocycles. The first-order chi connectivity index (χ1) is 6.22. The van der Waals surface area contributed by atoms with Crippen molar-refractivity contribution in [2.75, 3.05) is 6.73 Å². The second-order valence-corrected chi connectivity index (χ2v) is 2.92. The van der Waals surface area contributed by atoms with E-state index in [-0.39, 0.29) is 19.1 Å². The van der Waals surface area contributed by atoms with Crippen molar-refractivity contribution in [3.63, 3.8) is 0 Å². The second-order valence-electron chi connectivity index (χ2n) is 2.49. The van der Waals surface area contributed by atoms with E-state index in [9.17, 15) is 4.79 Å². The molecule has 4 heteroatoms. The third-order valence-corrected chi connectivity index (χ3v) is 1.76. The van der Waals surface area contributed by atoms with Gasteiger partial charge in [-0.15, -0.1) is 0 Å². The second kappa shape index (κ2) is 4.84. The molecule has 0 atom stereocenters. The van der Waals surface area contributed by atoms with Crippen LogP contribution in [0.2, 0.25) is 5.02 Å². The topological polar surface area (TPSA) is 52.3 Å². The van der Waals surface area contributed by atoms with Crippen LogP contribution < -0.4 is 5.73 Å². The summed E-state index contributed by atoms with van der Waals surface area (Å²) in [5.41, 5.74) is 5.91. The molecule has 0 fully saturated rings. The van der Waals surface area contributed by atoms with E-state index < -0.39 is 0 Å². The van der Waals surface area contributed by atoms with E-state index in [1.807, 2.05) is 0 Å². The van der Waals surface area contributed by atoms with Gasteiger partial charge in [0.05, 0.1) is 6.42 Å². The monoisotopic (exact) mass is 199 g/mol. The van der Waals surface area contributed by atoms with Crippen LogP contribution in [0.3, 0.4) is 0 Å². The van der Waals surface area contributed by atoms with Gasteiger partial charge in [-0.3, -0.25) is 10.5 Å². The highest BCUT2D eigenvalue weighted by molar-refractivity contribution is 6.30. The third kappa shape index (κ3) is 3.44. The molecule has 0 radical (unpaired) electrons. The van der Waals surface area contributed by atoms with E-state index in [1.54, 1.807) is 24.3 Å². The minimum atomic E-state index is -0.329. The smallest absolute Gasteiger partial charge is 0.311 e. The average molecular weight is 200 g/mol. The molecule has 0 unspecified atom stereocenters. The maximum atomic E-state index is 11.0. The van der Waals surface area contributed by atoms with Gasteiger partial charge in [-0.25, -0.2) is 0 Å². The first-order valence-electron chi connectivity index (χ1n) is 3.82. The van der Waals surface area contributed by atoms with Crippen molar-refractivity contribution >= 4 is 17.6 Å². The van der Waals surface area contributed by atoms with E-state index in [0.29, 0.717) is 5.02 Å². The van der Waals surface area contributed by atoms with Crippen molar-refractivity contribution in [2.24, 2.45) is 5.73 Å². The number of nitrogens with two attached hydrogens (primary N) is 1. The van der Waals surface area contributed by atoms with E-state index in [4.69, 9.17) is 17.3 Å². The number of hydrogen-bond donors (Lipinski definition) is 1. The summed E-state index contributed by atoms with van der Waals surface area (Å²) >= 11 is 5.67. The maximum absolute atomic E-state index is 11.0. The fourth-order valence-electron chi connectivity index (χ4n) is 0.913. The zero-order chi connectivity index (χ0) is 9.68. The Bertz CT molecular complexity index is 284. The summed E-state index contributed by atoms with van der Waals surface area (Å²) in [5.74, 6) is -0.329. The zero-order valence-corrected chi connectivity index (χ0v) is 7.75. The Labute approximate surface area is 81.4 Å². The normalized spacial score (nSPS) is 9.69. The van der Waals surface area contributed by atoms with Crippen molar-refractivity contribution < 1.29 is 9.53 Å². The average Bonchev–Trinajstić information content (AvgIpc) is 2.09. The molecular weight excluding hydrogens is 190 g/mol. The molecule has 70 valence electrons. The number of ether oxygens (including phenoxy) is 1. The standard InChI is InChI=1S/C9H10ClNO2/c10-8-3-1-7(2-4-8)5-9(12)13-6-11/h1-4H,5-6,11H2. The minimum Gasteiger partial charge on any atom is -0.450 e. The van der Waals surface area contributed by atoms with E-state index in [0.717, 1.165) is 5.56 Å². The van der Waals surface area contributed by atoms with Crippen molar-refractivity contribution in [3.05, 3.63) is 34.9 Å². The zero-order valence-electron chi connectivity index (χ0n) is 7.00. The summed E-state index contributed by atoms with van der Waals surface area (Å²) in [6, 6.07) is 7.01. The van der Waals surface area contributed by atoms with Crippen molar-refractivity contribution in [2.45, 2.75) is 6.42 Å².